The minimum atomic E-state index is -2.68. The average Bonchev–Trinajstić information content (AvgIpc) is 2.55. The summed E-state index contributed by atoms with van der Waals surface area (Å²) in [7, 11) is -2.68. The molecule has 126 valence electrons. The Labute approximate surface area is 135 Å². The van der Waals surface area contributed by atoms with Crippen LogP contribution >= 0.6 is 8.25 Å². The van der Waals surface area contributed by atoms with Gasteiger partial charge in [0, 0.05) is 12.8 Å². The molecule has 0 unspecified atom stereocenters. The Bertz CT molecular complexity index is 380. The van der Waals surface area contributed by atoms with Gasteiger partial charge in [-0.1, -0.05) is 27.7 Å². The highest BCUT2D eigenvalue weighted by Gasteiger charge is 2.34. The van der Waals surface area contributed by atoms with Gasteiger partial charge in [0.1, 0.15) is 0 Å². The van der Waals surface area contributed by atoms with E-state index in [-0.39, 0.29) is 0 Å². The molecule has 0 spiro atoms. The lowest BCUT2D eigenvalue weighted by molar-refractivity contribution is -0.00332. The van der Waals surface area contributed by atoms with Crippen LogP contribution in [0.1, 0.15) is 79.1 Å². The van der Waals surface area contributed by atoms with Gasteiger partial charge in [-0.25, -0.2) is 0 Å². The molecular formula is C16H29N2O3P. The van der Waals surface area contributed by atoms with Crippen molar-refractivity contribution in [3.8, 4) is 12.1 Å². The summed E-state index contributed by atoms with van der Waals surface area (Å²) in [6.07, 6.45) is 4.61. The van der Waals surface area contributed by atoms with E-state index in [1.807, 2.05) is 27.7 Å². The molecule has 0 rings (SSSR count). The molecule has 0 aliphatic carbocycles. The predicted octanol–water partition coefficient (Wildman–Crippen LogP) is 5.13. The monoisotopic (exact) mass is 328 g/mol. The fraction of sp³-hybridized carbons (Fsp3) is 0.875. The lowest BCUT2D eigenvalue weighted by Gasteiger charge is -2.35. The Morgan fingerprint density at radius 1 is 0.818 bits per heavy atom. The second-order valence-corrected chi connectivity index (χ2v) is 6.46. The number of nitriles is 2. The largest absolute Gasteiger partial charge is 0.320 e. The molecule has 0 aliphatic rings. The lowest BCUT2D eigenvalue weighted by atomic mass is 9.92. The van der Waals surface area contributed by atoms with Crippen LogP contribution in [0.3, 0.4) is 0 Å². The van der Waals surface area contributed by atoms with Crippen LogP contribution in [0.4, 0.5) is 0 Å². The summed E-state index contributed by atoms with van der Waals surface area (Å²) < 4.78 is 23.9. The summed E-state index contributed by atoms with van der Waals surface area (Å²) in [5.41, 5.74) is -1.12. The summed E-state index contributed by atoms with van der Waals surface area (Å²) in [5, 5.41) is 17.6. The van der Waals surface area contributed by atoms with Gasteiger partial charge in [-0.3, -0.25) is 4.57 Å². The van der Waals surface area contributed by atoms with Crippen molar-refractivity contribution in [2.24, 2.45) is 0 Å². The molecule has 0 bridgehead atoms. The third-order valence-electron chi connectivity index (χ3n) is 4.56. The zero-order valence-corrected chi connectivity index (χ0v) is 15.3. The molecular weight excluding hydrogens is 299 g/mol. The summed E-state index contributed by atoms with van der Waals surface area (Å²) in [4.78, 5) is 0. The van der Waals surface area contributed by atoms with E-state index in [0.29, 0.717) is 51.4 Å². The first-order chi connectivity index (χ1) is 10.5. The lowest BCUT2D eigenvalue weighted by Crippen LogP contribution is -2.32. The van der Waals surface area contributed by atoms with Crippen LogP contribution in [-0.4, -0.2) is 11.2 Å². The summed E-state index contributed by atoms with van der Waals surface area (Å²) in [5.74, 6) is 0. The van der Waals surface area contributed by atoms with Crippen molar-refractivity contribution in [1.29, 1.82) is 10.5 Å². The molecule has 0 radical (unpaired) electrons. The predicted molar refractivity (Wildman–Crippen MR) is 87.5 cm³/mol. The van der Waals surface area contributed by atoms with Gasteiger partial charge in [0.15, 0.2) is 0 Å². The van der Waals surface area contributed by atoms with Crippen molar-refractivity contribution in [3.05, 3.63) is 0 Å². The zero-order chi connectivity index (χ0) is 17.1. The Kier molecular flexibility index (Phi) is 10.4. The van der Waals surface area contributed by atoms with E-state index in [9.17, 15) is 4.57 Å². The highest BCUT2D eigenvalue weighted by atomic mass is 31.1. The third-order valence-corrected chi connectivity index (χ3v) is 5.76. The van der Waals surface area contributed by atoms with Crippen molar-refractivity contribution in [1.82, 2.24) is 0 Å². The Balaban J connectivity index is 4.93. The topological polar surface area (TPSA) is 83.1 Å². The molecule has 0 fully saturated rings. The summed E-state index contributed by atoms with van der Waals surface area (Å²) >= 11 is 0. The van der Waals surface area contributed by atoms with Gasteiger partial charge in [-0.05, 0) is 38.5 Å². The maximum atomic E-state index is 12.4. The number of rotatable bonds is 12. The van der Waals surface area contributed by atoms with Crippen molar-refractivity contribution < 1.29 is 13.6 Å². The fourth-order valence-corrected chi connectivity index (χ4v) is 4.07. The summed E-state index contributed by atoms with van der Waals surface area (Å²) in [6, 6.07) is 4.23. The Morgan fingerprint density at radius 3 is 1.36 bits per heavy atom. The normalized spacial score (nSPS) is 12.1. The first kappa shape index (κ1) is 21.1. The second kappa shape index (κ2) is 10.8. The molecule has 0 N–H and O–H groups in total. The quantitative estimate of drug-likeness (QED) is 0.463. The van der Waals surface area contributed by atoms with Crippen molar-refractivity contribution in [2.75, 3.05) is 0 Å². The van der Waals surface area contributed by atoms with Gasteiger partial charge in [0.05, 0.1) is 23.3 Å². The zero-order valence-electron chi connectivity index (χ0n) is 14.3. The Morgan fingerprint density at radius 2 is 1.14 bits per heavy atom. The molecule has 0 saturated heterocycles. The van der Waals surface area contributed by atoms with E-state index in [0.717, 1.165) is 0 Å². The minimum absolute atomic E-state index is 0.373. The molecule has 22 heavy (non-hydrogen) atoms. The third kappa shape index (κ3) is 6.49. The average molecular weight is 328 g/mol. The molecule has 0 amide bonds. The van der Waals surface area contributed by atoms with Crippen molar-refractivity contribution in [2.45, 2.75) is 90.3 Å². The van der Waals surface area contributed by atoms with E-state index in [1.165, 1.54) is 0 Å². The van der Waals surface area contributed by atoms with Crippen LogP contribution in [0.5, 0.6) is 0 Å². The smallest absolute Gasteiger partial charge is 0.304 e. The first-order valence-corrected chi connectivity index (χ1v) is 9.35. The molecule has 5 nitrogen and oxygen atoms in total. The van der Waals surface area contributed by atoms with Crippen LogP contribution in [0.2, 0.25) is 0 Å². The van der Waals surface area contributed by atoms with E-state index in [1.54, 1.807) is 0 Å². The van der Waals surface area contributed by atoms with E-state index < -0.39 is 19.5 Å². The Hall–Kier alpha value is -0.870. The molecule has 0 heterocycles. The van der Waals surface area contributed by atoms with Gasteiger partial charge in [-0.2, -0.15) is 10.5 Å². The van der Waals surface area contributed by atoms with Gasteiger partial charge >= 0.3 is 8.25 Å². The number of nitrogens with zero attached hydrogens (tertiary/aromatic N) is 2. The van der Waals surface area contributed by atoms with Crippen LogP contribution in [0.15, 0.2) is 0 Å². The van der Waals surface area contributed by atoms with Gasteiger partial charge < -0.3 is 9.05 Å². The highest BCUT2D eigenvalue weighted by molar-refractivity contribution is 7.33. The molecule has 0 aromatic rings. The second-order valence-electron chi connectivity index (χ2n) is 5.55. The SMILES string of the molecule is CCC(CC)(CCC#N)O[PH](=O)OC(CC)(CC)CCC#N. The van der Waals surface area contributed by atoms with Crippen LogP contribution < -0.4 is 0 Å². The van der Waals surface area contributed by atoms with Gasteiger partial charge in [0.25, 0.3) is 0 Å². The van der Waals surface area contributed by atoms with E-state index in [2.05, 4.69) is 12.1 Å². The molecule has 0 atom stereocenters. The molecule has 0 aromatic carbocycles. The van der Waals surface area contributed by atoms with Crippen LogP contribution in [0.25, 0.3) is 0 Å². The number of hydrogen-bond acceptors (Lipinski definition) is 5. The molecule has 6 heteroatoms. The van der Waals surface area contributed by atoms with Crippen LogP contribution in [-0.2, 0) is 13.6 Å². The standard InChI is InChI=1S/C16H29N2O3P/c1-5-15(6-2,11-9-13-17)20-22(19)21-16(7-3,8-4)12-10-14-18/h22H,5-12H2,1-4H3. The first-order valence-electron chi connectivity index (χ1n) is 8.12. The molecule has 0 aliphatic heterocycles. The number of hydrogen-bond donors (Lipinski definition) is 0. The highest BCUT2D eigenvalue weighted by Crippen LogP contribution is 2.44. The van der Waals surface area contributed by atoms with E-state index >= 15 is 0 Å². The summed E-state index contributed by atoms with van der Waals surface area (Å²) in [6.45, 7) is 7.88. The molecule has 0 saturated carbocycles. The van der Waals surface area contributed by atoms with Gasteiger partial charge in [-0.15, -0.1) is 0 Å². The van der Waals surface area contributed by atoms with Crippen molar-refractivity contribution in [3.63, 3.8) is 0 Å². The van der Waals surface area contributed by atoms with E-state index in [4.69, 9.17) is 19.6 Å². The van der Waals surface area contributed by atoms with Crippen molar-refractivity contribution >= 4 is 8.25 Å². The van der Waals surface area contributed by atoms with Crippen LogP contribution in [0, 0.1) is 22.7 Å². The van der Waals surface area contributed by atoms with Gasteiger partial charge in [0.2, 0.25) is 0 Å². The fourth-order valence-electron chi connectivity index (χ4n) is 2.54. The maximum Gasteiger partial charge on any atom is 0.320 e. The minimum Gasteiger partial charge on any atom is -0.304 e. The molecule has 0 aromatic heterocycles. The maximum absolute atomic E-state index is 12.4.